The molecule has 0 saturated heterocycles. The van der Waals surface area contributed by atoms with E-state index >= 15 is 0 Å². The lowest BCUT2D eigenvalue weighted by Gasteiger charge is -2.40. The third-order valence-electron chi connectivity index (χ3n) is 7.79. The maximum absolute atomic E-state index is 12.9. The van der Waals surface area contributed by atoms with E-state index in [-0.39, 0.29) is 41.9 Å². The molecule has 4 aromatic rings. The number of pyridine rings is 3. The highest BCUT2D eigenvalue weighted by Crippen LogP contribution is 2.31. The molecule has 0 spiro atoms. The van der Waals surface area contributed by atoms with Crippen LogP contribution in [0, 0.1) is 0 Å². The second-order valence-electron chi connectivity index (χ2n) is 10.4. The van der Waals surface area contributed by atoms with Crippen molar-refractivity contribution in [1.29, 1.82) is 0 Å². The van der Waals surface area contributed by atoms with Crippen molar-refractivity contribution in [2.75, 3.05) is 31.4 Å². The molecular formula is C30H31N5O5S. The highest BCUT2D eigenvalue weighted by molar-refractivity contribution is 7.91. The summed E-state index contributed by atoms with van der Waals surface area (Å²) in [6.07, 6.45) is 4.01. The minimum absolute atomic E-state index is 0.104. The molecule has 4 heterocycles. The van der Waals surface area contributed by atoms with Gasteiger partial charge in [-0.15, -0.1) is 0 Å². The highest BCUT2D eigenvalue weighted by atomic mass is 32.2. The molecule has 11 heteroatoms. The number of amides is 1. The van der Waals surface area contributed by atoms with E-state index in [1.807, 2.05) is 36.4 Å². The topological polar surface area (TPSA) is 124 Å². The Kier molecular flexibility index (Phi) is 7.41. The molecule has 10 nitrogen and oxygen atoms in total. The van der Waals surface area contributed by atoms with Crippen LogP contribution in [0.25, 0.3) is 22.3 Å². The molecule has 1 saturated carbocycles. The molecule has 1 amide bonds. The van der Waals surface area contributed by atoms with Crippen LogP contribution >= 0.6 is 0 Å². The molecule has 6 rings (SSSR count). The molecule has 1 N–H and O–H groups in total. The van der Waals surface area contributed by atoms with Crippen molar-refractivity contribution in [1.82, 2.24) is 20.3 Å². The average molecular weight is 574 g/mol. The molecule has 41 heavy (non-hydrogen) atoms. The van der Waals surface area contributed by atoms with Crippen molar-refractivity contribution < 1.29 is 22.7 Å². The molecule has 0 atom stereocenters. The minimum Gasteiger partial charge on any atom is -0.381 e. The monoisotopic (exact) mass is 573 g/mol. The van der Waals surface area contributed by atoms with Crippen LogP contribution in [0.1, 0.15) is 34.5 Å². The summed E-state index contributed by atoms with van der Waals surface area (Å²) in [5, 5.41) is 3.71. The van der Waals surface area contributed by atoms with Crippen LogP contribution in [0.5, 0.6) is 0 Å². The Hall–Kier alpha value is -3.93. The molecular weight excluding hydrogens is 542 g/mol. The van der Waals surface area contributed by atoms with Crippen LogP contribution in [-0.4, -0.2) is 67.9 Å². The van der Waals surface area contributed by atoms with Gasteiger partial charge in [-0.05, 0) is 60.9 Å². The zero-order chi connectivity index (χ0) is 28.6. The number of aromatic nitrogens is 3. The average Bonchev–Trinajstić information content (AvgIpc) is 3.12. The summed E-state index contributed by atoms with van der Waals surface area (Å²) in [4.78, 5) is 29.4. The first-order chi connectivity index (χ1) is 19.8. The van der Waals surface area contributed by atoms with Crippen molar-refractivity contribution in [2.45, 2.75) is 43.0 Å². The van der Waals surface area contributed by atoms with E-state index < -0.39 is 9.84 Å². The lowest BCUT2D eigenvalue weighted by Crippen LogP contribution is -2.46. The number of methoxy groups -OCH3 is 1. The Bertz CT molecular complexity index is 1720. The fraction of sp³-hybridized carbons (Fsp3) is 0.333. The number of rotatable bonds is 7. The van der Waals surface area contributed by atoms with Crippen LogP contribution < -0.4 is 10.2 Å². The van der Waals surface area contributed by atoms with Crippen LogP contribution in [-0.2, 0) is 32.5 Å². The number of hydrogen-bond donors (Lipinski definition) is 1. The first-order valence-electron chi connectivity index (χ1n) is 13.5. The van der Waals surface area contributed by atoms with E-state index in [1.54, 1.807) is 25.4 Å². The molecule has 2 aliphatic rings. The van der Waals surface area contributed by atoms with E-state index in [0.717, 1.165) is 41.0 Å². The molecule has 0 unspecified atom stereocenters. The molecule has 1 aliphatic heterocycles. The van der Waals surface area contributed by atoms with E-state index in [0.29, 0.717) is 23.4 Å². The number of nitrogens with zero attached hydrogens (tertiary/aromatic N) is 4. The maximum atomic E-state index is 12.9. The zero-order valence-electron chi connectivity index (χ0n) is 22.9. The van der Waals surface area contributed by atoms with E-state index in [2.05, 4.69) is 22.2 Å². The van der Waals surface area contributed by atoms with Crippen LogP contribution in [0.15, 0.2) is 65.7 Å². The van der Waals surface area contributed by atoms with Crippen LogP contribution in [0.3, 0.4) is 0 Å². The fourth-order valence-corrected chi connectivity index (χ4v) is 6.52. The summed E-state index contributed by atoms with van der Waals surface area (Å²) in [5.41, 5.74) is 3.71. The number of hydrogen-bond acceptors (Lipinski definition) is 9. The summed E-state index contributed by atoms with van der Waals surface area (Å²) in [6.45, 7) is 0.504. The van der Waals surface area contributed by atoms with Gasteiger partial charge in [0.25, 0.3) is 5.91 Å². The predicted molar refractivity (Wildman–Crippen MR) is 154 cm³/mol. The van der Waals surface area contributed by atoms with Crippen molar-refractivity contribution in [2.24, 2.45) is 0 Å². The van der Waals surface area contributed by atoms with Crippen LogP contribution in [0.2, 0.25) is 0 Å². The number of benzene rings is 1. The van der Waals surface area contributed by atoms with Gasteiger partial charge in [0.05, 0.1) is 59.1 Å². The molecule has 0 bridgehead atoms. The van der Waals surface area contributed by atoms with Crippen LogP contribution in [0.4, 0.5) is 5.82 Å². The molecule has 1 aromatic carbocycles. The first kappa shape index (κ1) is 27.3. The van der Waals surface area contributed by atoms with Gasteiger partial charge in [0.15, 0.2) is 9.84 Å². The standard InChI is InChI=1S/C30H31N5O5S/c1-35(23-14-24(15-23)39-2)29-5-3-4-25(34-29)26-9-8-20-16-31-22(13-27(20)33-26)17-32-30(36)19-6-7-21-18-40-10-11-41(37,38)28(21)12-19/h3-9,12-13,16,23-24H,10-11,14-15,17-18H2,1-2H3,(H,32,36). The fourth-order valence-electron chi connectivity index (χ4n) is 5.13. The van der Waals surface area contributed by atoms with E-state index in [1.165, 1.54) is 6.07 Å². The lowest BCUT2D eigenvalue weighted by atomic mass is 9.88. The zero-order valence-corrected chi connectivity index (χ0v) is 23.7. The molecule has 212 valence electrons. The van der Waals surface area contributed by atoms with E-state index in [9.17, 15) is 13.2 Å². The largest absolute Gasteiger partial charge is 0.381 e. The van der Waals surface area contributed by atoms with Crippen molar-refractivity contribution in [3.05, 3.63) is 77.6 Å². The number of anilines is 1. The van der Waals surface area contributed by atoms with Gasteiger partial charge in [0.2, 0.25) is 0 Å². The molecule has 0 radical (unpaired) electrons. The van der Waals surface area contributed by atoms with Gasteiger partial charge in [-0.25, -0.2) is 18.4 Å². The summed E-state index contributed by atoms with van der Waals surface area (Å²) in [6, 6.07) is 16.7. The lowest BCUT2D eigenvalue weighted by molar-refractivity contribution is 0.0264. The summed E-state index contributed by atoms with van der Waals surface area (Å²) in [5.74, 6) is 0.401. The summed E-state index contributed by atoms with van der Waals surface area (Å²) >= 11 is 0. The minimum atomic E-state index is -3.51. The Morgan fingerprint density at radius 2 is 1.93 bits per heavy atom. The Balaban J connectivity index is 1.17. The van der Waals surface area contributed by atoms with Gasteiger partial charge in [0.1, 0.15) is 5.82 Å². The summed E-state index contributed by atoms with van der Waals surface area (Å²) in [7, 11) is 0.303. The molecule has 1 aliphatic carbocycles. The summed E-state index contributed by atoms with van der Waals surface area (Å²) < 4.78 is 36.0. The Morgan fingerprint density at radius 3 is 2.76 bits per heavy atom. The molecule has 1 fully saturated rings. The first-order valence-corrected chi connectivity index (χ1v) is 15.2. The number of fused-ring (bicyclic) bond motifs is 2. The third-order valence-corrected chi connectivity index (χ3v) is 9.54. The highest BCUT2D eigenvalue weighted by Gasteiger charge is 2.32. The van der Waals surface area contributed by atoms with Gasteiger partial charge in [-0.3, -0.25) is 9.78 Å². The maximum Gasteiger partial charge on any atom is 0.251 e. The normalized spacial score (nSPS) is 19.6. The SMILES string of the molecule is COC1CC(N(C)c2cccc(-c3ccc4cnc(CNC(=O)c5ccc6c(c5)S(=O)(=O)CCOC6)cc4n3)n2)C1. The third kappa shape index (κ3) is 5.65. The second-order valence-corrected chi connectivity index (χ2v) is 12.5. The molecule has 3 aromatic heterocycles. The predicted octanol–water partition coefficient (Wildman–Crippen LogP) is 3.54. The van der Waals surface area contributed by atoms with Gasteiger partial charge in [0, 0.05) is 37.3 Å². The Labute approximate surface area is 238 Å². The smallest absolute Gasteiger partial charge is 0.251 e. The number of carbonyl (C=O) groups excluding carboxylic acids is 1. The van der Waals surface area contributed by atoms with Crippen molar-refractivity contribution in [3.8, 4) is 11.4 Å². The number of carbonyl (C=O) groups is 1. The number of sulfone groups is 1. The van der Waals surface area contributed by atoms with Gasteiger partial charge < -0.3 is 19.7 Å². The quantitative estimate of drug-likeness (QED) is 0.354. The van der Waals surface area contributed by atoms with E-state index in [4.69, 9.17) is 19.4 Å². The number of ether oxygens (including phenoxy) is 2. The van der Waals surface area contributed by atoms with Gasteiger partial charge in [-0.1, -0.05) is 12.1 Å². The van der Waals surface area contributed by atoms with Crippen molar-refractivity contribution in [3.63, 3.8) is 0 Å². The number of nitrogens with one attached hydrogen (secondary N) is 1. The Morgan fingerprint density at radius 1 is 1.10 bits per heavy atom. The van der Waals surface area contributed by atoms with Crippen molar-refractivity contribution >= 4 is 32.5 Å². The van der Waals surface area contributed by atoms with Gasteiger partial charge in [-0.2, -0.15) is 0 Å². The second kappa shape index (κ2) is 11.2. The van der Waals surface area contributed by atoms with Gasteiger partial charge >= 0.3 is 0 Å².